The van der Waals surface area contributed by atoms with Crippen molar-refractivity contribution in [2.45, 2.75) is 284 Å². The highest BCUT2D eigenvalue weighted by Crippen LogP contribution is 2.17. The molecule has 0 aliphatic heterocycles. The SMILES string of the molecule is CCCCCCCCCCCCCCC(=O)OC[C@@H](COC(=O)CCCCCCC)OC(=O)CCCCCCCCCCCCCCCCCCCCC(C)C. The molecule has 1 atom stereocenters. The summed E-state index contributed by atoms with van der Waals surface area (Å²) in [5, 5.41) is 0. The van der Waals surface area contributed by atoms with Gasteiger partial charge in [0.25, 0.3) is 0 Å². The lowest BCUT2D eigenvalue weighted by atomic mass is 10.0. The summed E-state index contributed by atoms with van der Waals surface area (Å²) in [6.45, 7) is 8.95. The van der Waals surface area contributed by atoms with Gasteiger partial charge in [-0.2, -0.15) is 0 Å². The minimum absolute atomic E-state index is 0.0641. The van der Waals surface area contributed by atoms with Gasteiger partial charge < -0.3 is 14.2 Å². The number of esters is 3. The van der Waals surface area contributed by atoms with Crippen LogP contribution in [0.15, 0.2) is 0 Å². The van der Waals surface area contributed by atoms with Crippen LogP contribution >= 0.6 is 0 Å². The van der Waals surface area contributed by atoms with E-state index in [1.165, 1.54) is 167 Å². The average Bonchev–Trinajstić information content (AvgIpc) is 3.18. The minimum Gasteiger partial charge on any atom is -0.462 e. The summed E-state index contributed by atoms with van der Waals surface area (Å²) in [6, 6.07) is 0. The Morgan fingerprint density at radius 1 is 0.339 bits per heavy atom. The maximum atomic E-state index is 12.7. The Balaban J connectivity index is 4.07. The van der Waals surface area contributed by atoms with Gasteiger partial charge in [-0.3, -0.25) is 14.4 Å². The van der Waals surface area contributed by atoms with E-state index in [2.05, 4.69) is 27.7 Å². The lowest BCUT2D eigenvalue weighted by molar-refractivity contribution is -0.167. The van der Waals surface area contributed by atoms with Crippen LogP contribution in [0.2, 0.25) is 0 Å². The largest absolute Gasteiger partial charge is 0.462 e. The highest BCUT2D eigenvalue weighted by Gasteiger charge is 2.19. The first kappa shape index (κ1) is 54.4. The van der Waals surface area contributed by atoms with Crippen molar-refractivity contribution in [3.8, 4) is 0 Å². The second-order valence-corrected chi connectivity index (χ2v) is 17.6. The van der Waals surface area contributed by atoms with Gasteiger partial charge in [-0.05, 0) is 25.2 Å². The van der Waals surface area contributed by atoms with Crippen LogP contribution in [0.5, 0.6) is 0 Å². The molecule has 0 saturated carbocycles. The molecule has 0 rings (SSSR count). The van der Waals surface area contributed by atoms with E-state index in [1.807, 2.05) is 0 Å². The third-order valence-electron chi connectivity index (χ3n) is 11.3. The molecule has 0 unspecified atom stereocenters. The van der Waals surface area contributed by atoms with Crippen molar-refractivity contribution >= 4 is 17.9 Å². The first-order chi connectivity index (χ1) is 27.4. The van der Waals surface area contributed by atoms with E-state index in [-0.39, 0.29) is 31.1 Å². The topological polar surface area (TPSA) is 78.9 Å². The number of hydrogen-bond acceptors (Lipinski definition) is 6. The molecule has 332 valence electrons. The number of carbonyl (C=O) groups is 3. The molecule has 0 aliphatic rings. The predicted molar refractivity (Wildman–Crippen MR) is 238 cm³/mol. The first-order valence-corrected chi connectivity index (χ1v) is 24.9. The van der Waals surface area contributed by atoms with E-state index in [4.69, 9.17) is 14.2 Å². The van der Waals surface area contributed by atoms with E-state index in [0.29, 0.717) is 19.3 Å². The molecule has 0 bridgehead atoms. The Hall–Kier alpha value is -1.59. The van der Waals surface area contributed by atoms with Gasteiger partial charge in [0, 0.05) is 19.3 Å². The van der Waals surface area contributed by atoms with Crippen LogP contribution < -0.4 is 0 Å². The van der Waals surface area contributed by atoms with Crippen molar-refractivity contribution in [2.75, 3.05) is 13.2 Å². The standard InChI is InChI=1S/C50H96O6/c1-5-7-9-11-12-13-14-24-27-30-34-38-42-49(52)55-45-47(44-54-48(51)41-37-32-10-8-6-2)56-50(53)43-39-35-31-28-25-22-20-18-16-15-17-19-21-23-26-29-33-36-40-46(3)4/h46-47H,5-45H2,1-4H3/t47-/m1/s1. The zero-order chi connectivity index (χ0) is 41.0. The number of ether oxygens (including phenoxy) is 3. The lowest BCUT2D eigenvalue weighted by Crippen LogP contribution is -2.30. The highest BCUT2D eigenvalue weighted by molar-refractivity contribution is 5.71. The Labute approximate surface area is 348 Å². The smallest absolute Gasteiger partial charge is 0.306 e. The summed E-state index contributed by atoms with van der Waals surface area (Å²) in [5.74, 6) is -0.00432. The highest BCUT2D eigenvalue weighted by atomic mass is 16.6. The van der Waals surface area contributed by atoms with Crippen molar-refractivity contribution in [3.05, 3.63) is 0 Å². The fraction of sp³-hybridized carbons (Fsp3) is 0.940. The molecule has 0 aromatic rings. The molecule has 0 spiro atoms. The van der Waals surface area contributed by atoms with Crippen LogP contribution in [0.4, 0.5) is 0 Å². The molecule has 0 aromatic carbocycles. The summed E-state index contributed by atoms with van der Waals surface area (Å²) >= 11 is 0. The Morgan fingerprint density at radius 2 is 0.589 bits per heavy atom. The van der Waals surface area contributed by atoms with E-state index >= 15 is 0 Å². The number of hydrogen-bond donors (Lipinski definition) is 0. The first-order valence-electron chi connectivity index (χ1n) is 24.9. The zero-order valence-electron chi connectivity index (χ0n) is 38.1. The summed E-state index contributed by atoms with van der Waals surface area (Å²) in [4.78, 5) is 37.5. The van der Waals surface area contributed by atoms with Gasteiger partial charge in [-0.1, -0.05) is 240 Å². The normalized spacial score (nSPS) is 11.9. The monoisotopic (exact) mass is 793 g/mol. The Morgan fingerprint density at radius 3 is 0.875 bits per heavy atom. The molecule has 0 fully saturated rings. The van der Waals surface area contributed by atoms with Crippen molar-refractivity contribution in [2.24, 2.45) is 5.92 Å². The Kier molecular flexibility index (Phi) is 43.2. The molecule has 0 heterocycles. The number of rotatable bonds is 45. The predicted octanol–water partition coefficient (Wildman–Crippen LogP) is 15.9. The summed E-state index contributed by atoms with van der Waals surface area (Å²) in [6.07, 6.45) is 45.5. The fourth-order valence-corrected chi connectivity index (χ4v) is 7.51. The fourth-order valence-electron chi connectivity index (χ4n) is 7.51. The number of unbranched alkanes of at least 4 members (excludes halogenated alkanes) is 32. The van der Waals surface area contributed by atoms with Crippen LogP contribution in [0.1, 0.15) is 278 Å². The van der Waals surface area contributed by atoms with Gasteiger partial charge in [-0.25, -0.2) is 0 Å². The second kappa shape index (κ2) is 44.5. The van der Waals surface area contributed by atoms with E-state index in [0.717, 1.165) is 70.1 Å². The maximum absolute atomic E-state index is 12.7. The lowest BCUT2D eigenvalue weighted by Gasteiger charge is -2.18. The van der Waals surface area contributed by atoms with E-state index in [1.54, 1.807) is 0 Å². The third-order valence-corrected chi connectivity index (χ3v) is 11.3. The Bertz CT molecular complexity index is 841. The van der Waals surface area contributed by atoms with Gasteiger partial charge in [0.1, 0.15) is 13.2 Å². The van der Waals surface area contributed by atoms with Gasteiger partial charge in [0.05, 0.1) is 0 Å². The van der Waals surface area contributed by atoms with Crippen LogP contribution in [0.25, 0.3) is 0 Å². The maximum Gasteiger partial charge on any atom is 0.306 e. The molecule has 0 N–H and O–H groups in total. The van der Waals surface area contributed by atoms with Crippen molar-refractivity contribution in [3.63, 3.8) is 0 Å². The minimum atomic E-state index is -0.758. The summed E-state index contributed by atoms with van der Waals surface area (Å²) in [5.41, 5.74) is 0. The quantitative estimate of drug-likeness (QED) is 0.0347. The van der Waals surface area contributed by atoms with Crippen molar-refractivity contribution in [1.29, 1.82) is 0 Å². The molecule has 0 amide bonds. The summed E-state index contributed by atoms with van der Waals surface area (Å²) < 4.78 is 16.6. The van der Waals surface area contributed by atoms with Gasteiger partial charge >= 0.3 is 17.9 Å². The molecule has 56 heavy (non-hydrogen) atoms. The molecular formula is C50H96O6. The van der Waals surface area contributed by atoms with Crippen LogP contribution in [0, 0.1) is 5.92 Å². The second-order valence-electron chi connectivity index (χ2n) is 17.6. The molecule has 6 nitrogen and oxygen atoms in total. The molecule has 6 heteroatoms. The van der Waals surface area contributed by atoms with Gasteiger partial charge in [0.15, 0.2) is 6.10 Å². The average molecular weight is 793 g/mol. The molecule has 0 aromatic heterocycles. The van der Waals surface area contributed by atoms with Crippen LogP contribution in [-0.2, 0) is 28.6 Å². The molecule has 0 radical (unpaired) electrons. The zero-order valence-corrected chi connectivity index (χ0v) is 38.1. The number of carbonyl (C=O) groups excluding carboxylic acids is 3. The van der Waals surface area contributed by atoms with E-state index < -0.39 is 6.10 Å². The van der Waals surface area contributed by atoms with Gasteiger partial charge in [0.2, 0.25) is 0 Å². The van der Waals surface area contributed by atoms with Crippen molar-refractivity contribution in [1.82, 2.24) is 0 Å². The molecule has 0 saturated heterocycles. The third kappa shape index (κ3) is 43.5. The molecule has 0 aliphatic carbocycles. The van der Waals surface area contributed by atoms with Crippen molar-refractivity contribution < 1.29 is 28.6 Å². The van der Waals surface area contributed by atoms with E-state index in [9.17, 15) is 14.4 Å². The van der Waals surface area contributed by atoms with Crippen LogP contribution in [-0.4, -0.2) is 37.2 Å². The summed E-state index contributed by atoms with van der Waals surface area (Å²) in [7, 11) is 0. The van der Waals surface area contributed by atoms with Crippen LogP contribution in [0.3, 0.4) is 0 Å². The van der Waals surface area contributed by atoms with Gasteiger partial charge in [-0.15, -0.1) is 0 Å². The molecular weight excluding hydrogens is 697 g/mol.